The highest BCUT2D eigenvalue weighted by molar-refractivity contribution is 6.09. The Labute approximate surface area is 132 Å². The number of fused-ring (bicyclic) bond motifs is 1. The molecule has 1 aromatic rings. The van der Waals surface area contributed by atoms with Gasteiger partial charge in [0.2, 0.25) is 11.8 Å². The average molecular weight is 320 g/mol. The Morgan fingerprint density at radius 3 is 2.57 bits per heavy atom. The molecule has 2 saturated heterocycles. The zero-order valence-corrected chi connectivity index (χ0v) is 13.0. The zero-order chi connectivity index (χ0) is 16.9. The number of ether oxygens (including phenoxy) is 1. The standard InChI is InChI=1S/C16H17FN2O4/c1-16(15(22)23-3)11-10(13(20)19(2)14(11)21)12(18-16)8-6-4-5-7-9(8)17/h4-7,10-12,18H,1-3H3/t10-,11+,12-,16-/m1/s1. The Bertz CT molecular complexity index is 707. The minimum absolute atomic E-state index is 0.256. The van der Waals surface area contributed by atoms with Crippen LogP contribution in [0.3, 0.4) is 0 Å². The molecule has 1 N–H and O–H groups in total. The predicted octanol–water partition coefficient (Wildman–Crippen LogP) is 0.633. The van der Waals surface area contributed by atoms with E-state index in [0.29, 0.717) is 0 Å². The van der Waals surface area contributed by atoms with Crippen LogP contribution >= 0.6 is 0 Å². The number of rotatable bonds is 2. The number of nitrogens with zero attached hydrogens (tertiary/aromatic N) is 1. The largest absolute Gasteiger partial charge is 0.468 e. The number of esters is 1. The summed E-state index contributed by atoms with van der Waals surface area (Å²) in [7, 11) is 2.59. The van der Waals surface area contributed by atoms with Gasteiger partial charge in [-0.2, -0.15) is 0 Å². The fourth-order valence-corrected chi connectivity index (χ4v) is 3.68. The van der Waals surface area contributed by atoms with E-state index < -0.39 is 47.0 Å². The first kappa shape index (κ1) is 15.6. The molecule has 0 unspecified atom stereocenters. The van der Waals surface area contributed by atoms with Crippen molar-refractivity contribution in [3.05, 3.63) is 35.6 Å². The summed E-state index contributed by atoms with van der Waals surface area (Å²) in [5.41, 5.74) is -1.13. The van der Waals surface area contributed by atoms with Gasteiger partial charge in [0.15, 0.2) is 0 Å². The molecule has 2 aliphatic heterocycles. The molecule has 7 heteroatoms. The number of carbonyl (C=O) groups is 3. The van der Waals surface area contributed by atoms with E-state index in [1.54, 1.807) is 18.2 Å². The van der Waals surface area contributed by atoms with Crippen LogP contribution in [0.25, 0.3) is 0 Å². The van der Waals surface area contributed by atoms with Gasteiger partial charge in [-0.15, -0.1) is 0 Å². The Kier molecular flexibility index (Phi) is 3.48. The van der Waals surface area contributed by atoms with Crippen molar-refractivity contribution in [1.82, 2.24) is 10.2 Å². The van der Waals surface area contributed by atoms with Gasteiger partial charge in [-0.1, -0.05) is 18.2 Å². The molecule has 122 valence electrons. The first-order valence-electron chi connectivity index (χ1n) is 7.25. The van der Waals surface area contributed by atoms with Crippen LogP contribution in [0.4, 0.5) is 4.39 Å². The second-order valence-corrected chi connectivity index (χ2v) is 6.08. The van der Waals surface area contributed by atoms with E-state index in [1.165, 1.54) is 27.1 Å². The molecule has 6 nitrogen and oxygen atoms in total. The molecular formula is C16H17FN2O4. The normalized spacial score (nSPS) is 33.0. The molecule has 0 spiro atoms. The van der Waals surface area contributed by atoms with Crippen molar-refractivity contribution < 1.29 is 23.5 Å². The maximum atomic E-state index is 14.2. The van der Waals surface area contributed by atoms with E-state index in [9.17, 15) is 18.8 Å². The summed E-state index contributed by atoms with van der Waals surface area (Å²) in [5.74, 6) is -3.78. The number of benzene rings is 1. The fourth-order valence-electron chi connectivity index (χ4n) is 3.68. The van der Waals surface area contributed by atoms with Crippen LogP contribution in [-0.2, 0) is 19.1 Å². The minimum Gasteiger partial charge on any atom is -0.468 e. The van der Waals surface area contributed by atoms with Gasteiger partial charge >= 0.3 is 5.97 Å². The molecule has 0 radical (unpaired) electrons. The molecule has 2 fully saturated rings. The van der Waals surface area contributed by atoms with Gasteiger partial charge in [0.25, 0.3) is 0 Å². The SMILES string of the molecule is COC(=O)[C@]1(C)N[C@H](c2ccccc2F)[C@@H]2C(=O)N(C)C(=O)[C@H]21. The second kappa shape index (κ2) is 5.13. The zero-order valence-electron chi connectivity index (χ0n) is 13.0. The Balaban J connectivity index is 2.14. The third-order valence-electron chi connectivity index (χ3n) is 4.86. The highest BCUT2D eigenvalue weighted by Gasteiger charge is 2.66. The average Bonchev–Trinajstić information content (AvgIpc) is 2.97. The number of halogens is 1. The number of methoxy groups -OCH3 is 1. The van der Waals surface area contributed by atoms with Gasteiger partial charge in [0, 0.05) is 18.7 Å². The monoisotopic (exact) mass is 320 g/mol. The van der Waals surface area contributed by atoms with Crippen molar-refractivity contribution in [3.8, 4) is 0 Å². The van der Waals surface area contributed by atoms with Crippen molar-refractivity contribution >= 4 is 17.8 Å². The maximum Gasteiger partial charge on any atom is 0.326 e. The number of carbonyl (C=O) groups excluding carboxylic acids is 3. The number of likely N-dealkylation sites (tertiary alicyclic amines) is 1. The maximum absolute atomic E-state index is 14.2. The lowest BCUT2D eigenvalue weighted by Crippen LogP contribution is -2.53. The first-order valence-corrected chi connectivity index (χ1v) is 7.25. The minimum atomic E-state index is -1.39. The number of hydrogen-bond acceptors (Lipinski definition) is 5. The third kappa shape index (κ3) is 1.99. The molecule has 3 rings (SSSR count). The summed E-state index contributed by atoms with van der Waals surface area (Å²) in [4.78, 5) is 38.2. The quantitative estimate of drug-likeness (QED) is 0.639. The summed E-state index contributed by atoms with van der Waals surface area (Å²) in [6.07, 6.45) is 0. The molecule has 2 amide bonds. The Morgan fingerprint density at radius 2 is 1.96 bits per heavy atom. The smallest absolute Gasteiger partial charge is 0.326 e. The van der Waals surface area contributed by atoms with Crippen LogP contribution in [0.1, 0.15) is 18.5 Å². The topological polar surface area (TPSA) is 75.7 Å². The molecule has 4 atom stereocenters. The van der Waals surface area contributed by atoms with Gasteiger partial charge in [0.1, 0.15) is 11.4 Å². The number of imide groups is 1. The molecule has 0 saturated carbocycles. The molecular weight excluding hydrogens is 303 g/mol. The fraction of sp³-hybridized carbons (Fsp3) is 0.438. The molecule has 23 heavy (non-hydrogen) atoms. The van der Waals surface area contributed by atoms with E-state index >= 15 is 0 Å². The predicted molar refractivity (Wildman–Crippen MR) is 77.5 cm³/mol. The Hall–Kier alpha value is -2.28. The number of hydrogen-bond donors (Lipinski definition) is 1. The summed E-state index contributed by atoms with van der Waals surface area (Å²) < 4.78 is 19.0. The van der Waals surface area contributed by atoms with Crippen LogP contribution in [0.15, 0.2) is 24.3 Å². The van der Waals surface area contributed by atoms with E-state index in [-0.39, 0.29) is 5.56 Å². The van der Waals surface area contributed by atoms with Crippen molar-refractivity contribution in [3.63, 3.8) is 0 Å². The molecule has 1 aromatic carbocycles. The molecule has 2 heterocycles. The van der Waals surface area contributed by atoms with Crippen LogP contribution in [0, 0.1) is 17.7 Å². The van der Waals surface area contributed by atoms with Crippen LogP contribution in [0.5, 0.6) is 0 Å². The van der Waals surface area contributed by atoms with Crippen molar-refractivity contribution in [2.75, 3.05) is 14.2 Å². The summed E-state index contributed by atoms with van der Waals surface area (Å²) in [6, 6.07) is 5.24. The van der Waals surface area contributed by atoms with Crippen LogP contribution in [0.2, 0.25) is 0 Å². The van der Waals surface area contributed by atoms with Crippen molar-refractivity contribution in [2.45, 2.75) is 18.5 Å². The summed E-state index contributed by atoms with van der Waals surface area (Å²) in [6.45, 7) is 1.52. The van der Waals surface area contributed by atoms with Gasteiger partial charge in [0.05, 0.1) is 18.9 Å². The van der Waals surface area contributed by atoms with Gasteiger partial charge in [-0.25, -0.2) is 4.39 Å². The molecule has 0 bridgehead atoms. The van der Waals surface area contributed by atoms with E-state index in [1.807, 2.05) is 0 Å². The number of amides is 2. The van der Waals surface area contributed by atoms with E-state index in [0.717, 1.165) is 4.90 Å². The van der Waals surface area contributed by atoms with Crippen molar-refractivity contribution in [1.29, 1.82) is 0 Å². The lowest BCUT2D eigenvalue weighted by Gasteiger charge is -2.27. The van der Waals surface area contributed by atoms with Crippen LogP contribution < -0.4 is 5.32 Å². The second-order valence-electron chi connectivity index (χ2n) is 6.08. The molecule has 0 aliphatic carbocycles. The number of nitrogens with one attached hydrogen (secondary N) is 1. The van der Waals surface area contributed by atoms with Gasteiger partial charge in [-0.05, 0) is 13.0 Å². The van der Waals surface area contributed by atoms with Gasteiger partial charge in [-0.3, -0.25) is 24.6 Å². The third-order valence-corrected chi connectivity index (χ3v) is 4.86. The lowest BCUT2D eigenvalue weighted by atomic mass is 9.80. The van der Waals surface area contributed by atoms with Gasteiger partial charge < -0.3 is 4.74 Å². The summed E-state index contributed by atoms with van der Waals surface area (Å²) in [5, 5.41) is 2.98. The Morgan fingerprint density at radius 1 is 1.30 bits per heavy atom. The molecule has 2 aliphatic rings. The van der Waals surface area contributed by atoms with Crippen LogP contribution in [-0.4, -0.2) is 42.4 Å². The highest BCUT2D eigenvalue weighted by atomic mass is 19.1. The lowest BCUT2D eigenvalue weighted by molar-refractivity contribution is -0.152. The summed E-state index contributed by atoms with van der Waals surface area (Å²) >= 11 is 0. The first-order chi connectivity index (χ1) is 10.8. The highest BCUT2D eigenvalue weighted by Crippen LogP contribution is 2.48. The molecule has 0 aromatic heterocycles. The van der Waals surface area contributed by atoms with E-state index in [2.05, 4.69) is 5.32 Å². The van der Waals surface area contributed by atoms with E-state index in [4.69, 9.17) is 4.74 Å². The van der Waals surface area contributed by atoms with Crippen molar-refractivity contribution in [2.24, 2.45) is 11.8 Å².